The largest absolute Gasteiger partial charge is 0.459 e. The van der Waals surface area contributed by atoms with E-state index in [0.717, 1.165) is 30.3 Å². The van der Waals surface area contributed by atoms with E-state index in [1.807, 2.05) is 44.2 Å². The van der Waals surface area contributed by atoms with Crippen molar-refractivity contribution in [1.82, 2.24) is 14.8 Å². The van der Waals surface area contributed by atoms with Crippen molar-refractivity contribution in [2.45, 2.75) is 51.6 Å². The molecular weight excluding hydrogens is 388 g/mol. The summed E-state index contributed by atoms with van der Waals surface area (Å²) in [5, 5.41) is 8.39. The number of anilines is 1. The monoisotopic (exact) mass is 414 g/mol. The Morgan fingerprint density at radius 2 is 2.00 bits per heavy atom. The van der Waals surface area contributed by atoms with Crippen LogP contribution >= 0.6 is 11.6 Å². The number of halogens is 1. The number of nitrogens with one attached hydrogen (secondary N) is 1. The molecule has 0 fully saturated rings. The molecule has 2 unspecified atom stereocenters. The summed E-state index contributed by atoms with van der Waals surface area (Å²) >= 11 is 6.60. The van der Waals surface area contributed by atoms with Gasteiger partial charge in [-0.2, -0.15) is 5.10 Å². The van der Waals surface area contributed by atoms with Gasteiger partial charge in [0.15, 0.2) is 5.65 Å². The molecule has 0 radical (unpaired) electrons. The van der Waals surface area contributed by atoms with Crippen molar-refractivity contribution in [3.8, 4) is 0 Å². The molecule has 0 bridgehead atoms. The minimum atomic E-state index is -0.375. The predicted octanol–water partition coefficient (Wildman–Crippen LogP) is 5.19. The van der Waals surface area contributed by atoms with Crippen LogP contribution in [0, 0.1) is 0 Å². The average Bonchev–Trinajstić information content (AvgIpc) is 3.15. The number of carbonyl (C=O) groups excluding carboxylic acids is 1. The van der Waals surface area contributed by atoms with Crippen LogP contribution < -0.4 is 5.32 Å². The van der Waals surface area contributed by atoms with E-state index in [-0.39, 0.29) is 17.5 Å². The zero-order valence-electron chi connectivity index (χ0n) is 17.1. The van der Waals surface area contributed by atoms with Gasteiger partial charge in [-0.25, -0.2) is 14.5 Å². The molecule has 0 saturated carbocycles. The second-order valence-electron chi connectivity index (χ2n) is 7.04. The summed E-state index contributed by atoms with van der Waals surface area (Å²) in [6.07, 6.45) is 4.83. The van der Waals surface area contributed by atoms with Crippen LogP contribution in [0.4, 0.5) is 5.69 Å². The van der Waals surface area contributed by atoms with Gasteiger partial charge in [0, 0.05) is 12.7 Å². The molecule has 0 aliphatic heterocycles. The molecule has 0 saturated heterocycles. The number of pyridine rings is 1. The van der Waals surface area contributed by atoms with Gasteiger partial charge >= 0.3 is 5.97 Å². The number of hydrogen-bond acceptors (Lipinski definition) is 5. The van der Waals surface area contributed by atoms with E-state index in [4.69, 9.17) is 16.3 Å². The third-order valence-electron chi connectivity index (χ3n) is 4.82. The van der Waals surface area contributed by atoms with E-state index in [1.165, 1.54) is 0 Å². The lowest BCUT2D eigenvalue weighted by molar-refractivity contribution is 0.0335. The van der Waals surface area contributed by atoms with Gasteiger partial charge in [-0.1, -0.05) is 44.2 Å². The molecular formula is C22H27ClN4O2. The van der Waals surface area contributed by atoms with Crippen LogP contribution in [-0.2, 0) is 11.3 Å². The van der Waals surface area contributed by atoms with Crippen molar-refractivity contribution in [2.75, 3.05) is 11.9 Å². The van der Waals surface area contributed by atoms with Gasteiger partial charge in [-0.3, -0.25) is 0 Å². The van der Waals surface area contributed by atoms with Crippen LogP contribution in [0.15, 0.2) is 42.7 Å². The fraction of sp³-hybridized carbons (Fsp3) is 0.409. The summed E-state index contributed by atoms with van der Waals surface area (Å²) in [6, 6.07) is 9.88. The van der Waals surface area contributed by atoms with E-state index in [9.17, 15) is 4.79 Å². The lowest BCUT2D eigenvalue weighted by Gasteiger charge is -2.15. The molecule has 1 N–H and O–H groups in total. The molecule has 1 aromatic carbocycles. The lowest BCUT2D eigenvalue weighted by atomic mass is 10.1. The molecule has 7 heteroatoms. The minimum absolute atomic E-state index is 0.150. The number of esters is 1. The third-order valence-corrected chi connectivity index (χ3v) is 5.21. The zero-order valence-corrected chi connectivity index (χ0v) is 17.8. The van der Waals surface area contributed by atoms with Crippen LogP contribution in [-0.4, -0.2) is 33.4 Å². The molecule has 29 heavy (non-hydrogen) atoms. The molecule has 3 rings (SSSR count). The average molecular weight is 415 g/mol. The van der Waals surface area contributed by atoms with Gasteiger partial charge < -0.3 is 10.1 Å². The smallest absolute Gasteiger partial charge is 0.342 e. The van der Waals surface area contributed by atoms with Crippen LogP contribution in [0.2, 0.25) is 0 Å². The normalized spacial score (nSPS) is 13.2. The van der Waals surface area contributed by atoms with E-state index in [0.29, 0.717) is 23.4 Å². The maximum atomic E-state index is 12.7. The van der Waals surface area contributed by atoms with Crippen molar-refractivity contribution in [3.63, 3.8) is 0 Å². The molecule has 2 atom stereocenters. The lowest BCUT2D eigenvalue weighted by Crippen LogP contribution is -2.17. The number of benzene rings is 1. The molecule has 6 nitrogen and oxygen atoms in total. The summed E-state index contributed by atoms with van der Waals surface area (Å²) < 4.78 is 7.30. The number of aromatic nitrogens is 3. The number of alkyl halides is 1. The van der Waals surface area contributed by atoms with E-state index < -0.39 is 0 Å². The highest BCUT2D eigenvalue weighted by Gasteiger charge is 2.21. The van der Waals surface area contributed by atoms with Crippen molar-refractivity contribution in [2.24, 2.45) is 0 Å². The Labute approximate surface area is 176 Å². The van der Waals surface area contributed by atoms with Crippen molar-refractivity contribution in [1.29, 1.82) is 0 Å². The van der Waals surface area contributed by atoms with E-state index in [1.54, 1.807) is 17.1 Å². The first-order valence-electron chi connectivity index (χ1n) is 10.0. The zero-order chi connectivity index (χ0) is 20.8. The highest BCUT2D eigenvalue weighted by Crippen LogP contribution is 2.29. The van der Waals surface area contributed by atoms with Gasteiger partial charge in [-0.15, -0.1) is 11.6 Å². The first-order valence-corrected chi connectivity index (χ1v) is 10.5. The summed E-state index contributed by atoms with van der Waals surface area (Å²) in [7, 11) is 0. The van der Waals surface area contributed by atoms with Crippen LogP contribution in [0.25, 0.3) is 11.0 Å². The molecule has 0 aliphatic rings. The van der Waals surface area contributed by atoms with Gasteiger partial charge in [0.1, 0.15) is 5.56 Å². The van der Waals surface area contributed by atoms with Crippen LogP contribution in [0.1, 0.15) is 54.9 Å². The highest BCUT2D eigenvalue weighted by atomic mass is 35.5. The van der Waals surface area contributed by atoms with Gasteiger partial charge in [0.25, 0.3) is 0 Å². The maximum Gasteiger partial charge on any atom is 0.342 e. The fourth-order valence-electron chi connectivity index (χ4n) is 3.00. The summed E-state index contributed by atoms with van der Waals surface area (Å²) in [4.78, 5) is 17.2. The first kappa shape index (κ1) is 21.1. The Kier molecular flexibility index (Phi) is 7.09. The standard InChI is InChI=1S/C22H27ClN4O2/c1-4-11-24-20-17-13-26-27(14-19(23)16-9-7-6-8-10-16)21(17)25-12-18(20)22(28)29-15(3)5-2/h6-10,12-13,15,19H,4-5,11,14H2,1-3H3,(H,24,25). The number of hydrogen-bond donors (Lipinski definition) is 1. The minimum Gasteiger partial charge on any atom is -0.459 e. The van der Waals surface area contributed by atoms with E-state index >= 15 is 0 Å². The maximum absolute atomic E-state index is 12.7. The van der Waals surface area contributed by atoms with Gasteiger partial charge in [0.05, 0.1) is 35.3 Å². The van der Waals surface area contributed by atoms with E-state index in [2.05, 4.69) is 22.3 Å². The Morgan fingerprint density at radius 3 is 2.69 bits per heavy atom. The predicted molar refractivity (Wildman–Crippen MR) is 117 cm³/mol. The highest BCUT2D eigenvalue weighted by molar-refractivity contribution is 6.20. The number of nitrogens with zero attached hydrogens (tertiary/aromatic N) is 3. The summed E-state index contributed by atoms with van der Waals surface area (Å²) in [5.41, 5.74) is 2.85. The topological polar surface area (TPSA) is 69.0 Å². The molecule has 154 valence electrons. The molecule has 2 aromatic heterocycles. The second kappa shape index (κ2) is 9.74. The van der Waals surface area contributed by atoms with Crippen molar-refractivity contribution < 1.29 is 9.53 Å². The first-order chi connectivity index (χ1) is 14.0. The Bertz CT molecular complexity index is 958. The third kappa shape index (κ3) is 4.88. The van der Waals surface area contributed by atoms with Gasteiger partial charge in [0.2, 0.25) is 0 Å². The number of fused-ring (bicyclic) bond motifs is 1. The van der Waals surface area contributed by atoms with Crippen LogP contribution in [0.5, 0.6) is 0 Å². The quantitative estimate of drug-likeness (QED) is 0.385. The SMILES string of the molecule is CCCNc1c(C(=O)OC(C)CC)cnc2c1cnn2CC(Cl)c1ccccc1. The van der Waals surface area contributed by atoms with Gasteiger partial charge in [-0.05, 0) is 25.3 Å². The number of rotatable bonds is 9. The van der Waals surface area contributed by atoms with Crippen molar-refractivity contribution in [3.05, 3.63) is 53.9 Å². The molecule has 2 heterocycles. The number of ether oxygens (including phenoxy) is 1. The molecule has 0 amide bonds. The molecule has 3 aromatic rings. The van der Waals surface area contributed by atoms with Crippen LogP contribution in [0.3, 0.4) is 0 Å². The molecule has 0 aliphatic carbocycles. The Balaban J connectivity index is 1.94. The number of carbonyl (C=O) groups is 1. The molecule has 0 spiro atoms. The summed E-state index contributed by atoms with van der Waals surface area (Å²) in [5.74, 6) is -0.375. The van der Waals surface area contributed by atoms with Crippen molar-refractivity contribution >= 4 is 34.3 Å². The second-order valence-corrected chi connectivity index (χ2v) is 7.57. The summed E-state index contributed by atoms with van der Waals surface area (Å²) in [6.45, 7) is 7.14. The Morgan fingerprint density at radius 1 is 1.24 bits per heavy atom. The fourth-order valence-corrected chi connectivity index (χ4v) is 3.28. The Hall–Kier alpha value is -2.60.